The predicted octanol–water partition coefficient (Wildman–Crippen LogP) is 5.12. The van der Waals surface area contributed by atoms with E-state index in [4.69, 9.17) is 4.99 Å². The monoisotopic (exact) mass is 606 g/mol. The number of hydrogen-bond acceptors (Lipinski definition) is 5. The van der Waals surface area contributed by atoms with Crippen molar-refractivity contribution in [3.63, 3.8) is 0 Å². The first-order valence-electron chi connectivity index (χ1n) is 14.3. The van der Waals surface area contributed by atoms with E-state index in [2.05, 4.69) is 5.32 Å². The van der Waals surface area contributed by atoms with Gasteiger partial charge in [-0.3, -0.25) is 9.79 Å². The van der Waals surface area contributed by atoms with Gasteiger partial charge in [0.15, 0.2) is 0 Å². The highest BCUT2D eigenvalue weighted by Crippen LogP contribution is 2.71. The van der Waals surface area contributed by atoms with Crippen LogP contribution in [0.15, 0.2) is 58.4 Å². The molecule has 1 saturated heterocycles. The fourth-order valence-corrected chi connectivity index (χ4v) is 8.84. The summed E-state index contributed by atoms with van der Waals surface area (Å²) in [6.07, 6.45) is -0.0296. The molecule has 5 aliphatic rings. The van der Waals surface area contributed by atoms with Crippen molar-refractivity contribution < 1.29 is 30.8 Å². The van der Waals surface area contributed by atoms with E-state index in [1.807, 2.05) is 18.7 Å². The highest BCUT2D eigenvalue weighted by molar-refractivity contribution is 7.89. The molecule has 12 heteroatoms. The maximum absolute atomic E-state index is 13.9. The third-order valence-corrected chi connectivity index (χ3v) is 11.3. The fourth-order valence-electron chi connectivity index (χ4n) is 7.09. The molecule has 4 fully saturated rings. The van der Waals surface area contributed by atoms with Crippen molar-refractivity contribution in [2.24, 2.45) is 10.4 Å². The Morgan fingerprint density at radius 1 is 1.00 bits per heavy atom. The number of nitrogens with zero attached hydrogens (tertiary/aromatic N) is 3. The number of likely N-dealkylation sites (tertiary alicyclic amines) is 1. The minimum atomic E-state index is -4.51. The molecule has 3 saturated carbocycles. The number of aliphatic imine (C=N–C) groups is 1. The summed E-state index contributed by atoms with van der Waals surface area (Å²) in [5.74, 6) is 0.176. The van der Waals surface area contributed by atoms with E-state index in [1.165, 1.54) is 28.6 Å². The summed E-state index contributed by atoms with van der Waals surface area (Å²) in [4.78, 5) is 20.1. The largest absolute Gasteiger partial charge is 0.416 e. The van der Waals surface area contributed by atoms with Crippen LogP contribution in [0.25, 0.3) is 0 Å². The number of sulfonamides is 1. The van der Waals surface area contributed by atoms with Gasteiger partial charge in [0.2, 0.25) is 15.9 Å². The van der Waals surface area contributed by atoms with Gasteiger partial charge >= 0.3 is 6.18 Å². The maximum Gasteiger partial charge on any atom is 0.416 e. The molecule has 2 aliphatic heterocycles. The van der Waals surface area contributed by atoms with Gasteiger partial charge in [0.1, 0.15) is 17.7 Å². The Balaban J connectivity index is 1.24. The lowest BCUT2D eigenvalue weighted by atomic mass is 9.38. The topological polar surface area (TPSA) is 82.1 Å². The summed E-state index contributed by atoms with van der Waals surface area (Å²) in [5, 5.41) is 3.40. The van der Waals surface area contributed by atoms with Crippen molar-refractivity contribution in [2.75, 3.05) is 13.1 Å². The average Bonchev–Trinajstić information content (AvgIpc) is 3.21. The standard InChI is InChI=1S/C30H34F4N4O3S/c1-27(2)24(25(39)37-14-4-3-5-15-37)35-26(36-27)28-17-29(18-28,19-28)38(42(40,41)23-12-10-22(31)11-13-23)16-20-6-8-21(9-7-20)30(32,33)34/h6-13,24H,3-5,14-19H2,1-2H3,(H,35,36). The number of alkyl halides is 3. The van der Waals surface area contributed by atoms with Crippen LogP contribution >= 0.6 is 0 Å². The SMILES string of the molecule is CC1(C)N=C(C23CC(N(Cc4ccc(C(F)(F)F)cc4)S(=O)(=O)c4ccc(F)cc4)(C2)C3)NC1C(=O)N1CCCCC1. The molecule has 3 aliphatic carbocycles. The molecule has 42 heavy (non-hydrogen) atoms. The third-order valence-electron chi connectivity index (χ3n) is 9.34. The lowest BCUT2D eigenvalue weighted by Gasteiger charge is -2.72. The van der Waals surface area contributed by atoms with Crippen LogP contribution in [0, 0.1) is 11.2 Å². The summed E-state index contributed by atoms with van der Waals surface area (Å²) in [7, 11) is -4.12. The van der Waals surface area contributed by atoms with Crippen molar-refractivity contribution in [3.05, 3.63) is 65.5 Å². The zero-order valence-electron chi connectivity index (χ0n) is 23.5. The second kappa shape index (κ2) is 9.77. The van der Waals surface area contributed by atoms with Crippen LogP contribution in [0.1, 0.15) is 63.5 Å². The summed E-state index contributed by atoms with van der Waals surface area (Å²) < 4.78 is 82.2. The first-order valence-corrected chi connectivity index (χ1v) is 15.7. The molecule has 0 spiro atoms. The molecule has 2 aromatic rings. The van der Waals surface area contributed by atoms with Gasteiger partial charge in [-0.2, -0.15) is 17.5 Å². The Morgan fingerprint density at radius 2 is 1.60 bits per heavy atom. The minimum absolute atomic E-state index is 0.0302. The molecular formula is C30H34F4N4O3S. The first-order chi connectivity index (χ1) is 19.7. The number of carbonyl (C=O) groups excluding carboxylic acids is 1. The van der Waals surface area contributed by atoms with Gasteiger partial charge in [-0.25, -0.2) is 12.8 Å². The zero-order valence-corrected chi connectivity index (χ0v) is 24.4. The zero-order chi connectivity index (χ0) is 30.1. The maximum atomic E-state index is 13.9. The lowest BCUT2D eigenvalue weighted by molar-refractivity contribution is -0.151. The van der Waals surface area contributed by atoms with E-state index in [0.717, 1.165) is 62.5 Å². The van der Waals surface area contributed by atoms with Crippen molar-refractivity contribution in [1.29, 1.82) is 0 Å². The molecule has 2 aromatic carbocycles. The van der Waals surface area contributed by atoms with Crippen molar-refractivity contribution in [3.8, 4) is 0 Å². The molecule has 226 valence electrons. The van der Waals surface area contributed by atoms with Crippen LogP contribution in [0.2, 0.25) is 0 Å². The van der Waals surface area contributed by atoms with Crippen molar-refractivity contribution in [2.45, 2.75) is 87.1 Å². The molecule has 1 atom stereocenters. The molecule has 7 nitrogen and oxygen atoms in total. The van der Waals surface area contributed by atoms with Crippen LogP contribution < -0.4 is 5.32 Å². The number of rotatable bonds is 7. The third kappa shape index (κ3) is 4.80. The molecular weight excluding hydrogens is 572 g/mol. The number of halogens is 4. The Morgan fingerprint density at radius 3 is 2.17 bits per heavy atom. The van der Waals surface area contributed by atoms with Gasteiger partial charge in [-0.1, -0.05) is 12.1 Å². The molecule has 1 amide bonds. The highest BCUT2D eigenvalue weighted by Gasteiger charge is 2.75. The quantitative estimate of drug-likeness (QED) is 0.444. The number of nitrogens with one attached hydrogen (secondary N) is 1. The van der Waals surface area contributed by atoms with Gasteiger partial charge in [-0.15, -0.1) is 0 Å². The smallest absolute Gasteiger partial charge is 0.360 e. The van der Waals surface area contributed by atoms with Gasteiger partial charge < -0.3 is 10.2 Å². The van der Waals surface area contributed by atoms with E-state index >= 15 is 0 Å². The molecule has 1 N–H and O–H groups in total. The van der Waals surface area contributed by atoms with Crippen molar-refractivity contribution >= 4 is 21.8 Å². The molecule has 0 radical (unpaired) electrons. The Hall–Kier alpha value is -2.99. The number of amides is 1. The summed E-state index contributed by atoms with van der Waals surface area (Å²) in [6, 6.07) is 8.53. The molecule has 0 aromatic heterocycles. The number of hydrogen-bond donors (Lipinski definition) is 1. The number of amidine groups is 1. The normalized spacial score (nSPS) is 28.5. The predicted molar refractivity (Wildman–Crippen MR) is 148 cm³/mol. The van der Waals surface area contributed by atoms with E-state index in [9.17, 15) is 30.8 Å². The van der Waals surface area contributed by atoms with Gasteiger partial charge in [0.05, 0.1) is 16.0 Å². The Labute approximate surface area is 243 Å². The average molecular weight is 607 g/mol. The van der Waals surface area contributed by atoms with Crippen LogP contribution in [-0.4, -0.2) is 59.6 Å². The summed E-state index contributed by atoms with van der Waals surface area (Å²) in [5.41, 5.74) is -2.22. The number of benzene rings is 2. The molecule has 2 bridgehead atoms. The first kappa shape index (κ1) is 29.1. The van der Waals surface area contributed by atoms with Crippen molar-refractivity contribution in [1.82, 2.24) is 14.5 Å². The van der Waals surface area contributed by atoms with E-state index in [1.54, 1.807) is 0 Å². The Bertz CT molecular complexity index is 1500. The summed E-state index contributed by atoms with van der Waals surface area (Å²) in [6.45, 7) is 5.19. The van der Waals surface area contributed by atoms with Crippen LogP contribution in [-0.2, 0) is 27.5 Å². The number of piperidine rings is 1. The van der Waals surface area contributed by atoms with E-state index in [0.29, 0.717) is 24.8 Å². The minimum Gasteiger partial charge on any atom is -0.360 e. The van der Waals surface area contributed by atoms with Crippen LogP contribution in [0.5, 0.6) is 0 Å². The van der Waals surface area contributed by atoms with E-state index in [-0.39, 0.29) is 17.3 Å². The highest BCUT2D eigenvalue weighted by atomic mass is 32.2. The van der Waals surface area contributed by atoms with Crippen LogP contribution in [0.4, 0.5) is 17.6 Å². The fraction of sp³-hybridized carbons (Fsp3) is 0.533. The summed E-state index contributed by atoms with van der Waals surface area (Å²) >= 11 is 0. The Kier molecular flexibility index (Phi) is 6.77. The lowest BCUT2D eigenvalue weighted by Crippen LogP contribution is -2.78. The molecule has 7 rings (SSSR count). The second-order valence-electron chi connectivity index (χ2n) is 12.8. The molecule has 2 heterocycles. The van der Waals surface area contributed by atoms with E-state index < -0.39 is 50.1 Å². The van der Waals surface area contributed by atoms with Gasteiger partial charge in [0, 0.05) is 30.6 Å². The van der Waals surface area contributed by atoms with Gasteiger partial charge in [-0.05, 0) is 94.3 Å². The van der Waals surface area contributed by atoms with Crippen LogP contribution in [0.3, 0.4) is 0 Å². The second-order valence-corrected chi connectivity index (χ2v) is 14.6. The molecule has 1 unspecified atom stereocenters. The van der Waals surface area contributed by atoms with Gasteiger partial charge in [0.25, 0.3) is 0 Å². The number of carbonyl (C=O) groups is 1.